The summed E-state index contributed by atoms with van der Waals surface area (Å²) in [5, 5.41) is 2.93. The number of methoxy groups -OCH3 is 1. The van der Waals surface area contributed by atoms with Crippen molar-refractivity contribution in [3.63, 3.8) is 0 Å². The van der Waals surface area contributed by atoms with Gasteiger partial charge in [-0.15, -0.1) is 0 Å². The number of ether oxygens (including phenoxy) is 2. The SMILES string of the molecule is COc1cc(C(=O)NC2CC2c2cccc(F)c2)ccc1OCC(N)=O. The Morgan fingerprint density at radius 3 is 2.73 bits per heavy atom. The Labute approximate surface area is 150 Å². The van der Waals surface area contributed by atoms with Crippen LogP contribution in [0.4, 0.5) is 4.39 Å². The number of rotatable bonds is 7. The molecule has 0 aliphatic heterocycles. The number of benzene rings is 2. The molecule has 0 heterocycles. The summed E-state index contributed by atoms with van der Waals surface area (Å²) in [5.74, 6) is -0.367. The van der Waals surface area contributed by atoms with E-state index in [1.807, 2.05) is 6.07 Å². The molecule has 2 amide bonds. The average Bonchev–Trinajstić information content (AvgIpc) is 3.38. The van der Waals surface area contributed by atoms with Crippen LogP contribution in [0.25, 0.3) is 0 Å². The van der Waals surface area contributed by atoms with E-state index in [0.29, 0.717) is 17.1 Å². The van der Waals surface area contributed by atoms with Gasteiger partial charge >= 0.3 is 0 Å². The highest BCUT2D eigenvalue weighted by Crippen LogP contribution is 2.41. The maximum atomic E-state index is 13.3. The van der Waals surface area contributed by atoms with Crippen molar-refractivity contribution in [1.29, 1.82) is 0 Å². The fourth-order valence-electron chi connectivity index (χ4n) is 2.79. The second-order valence-electron chi connectivity index (χ2n) is 6.10. The van der Waals surface area contributed by atoms with E-state index in [0.717, 1.165) is 12.0 Å². The van der Waals surface area contributed by atoms with E-state index in [-0.39, 0.29) is 30.3 Å². The predicted molar refractivity (Wildman–Crippen MR) is 92.7 cm³/mol. The van der Waals surface area contributed by atoms with Gasteiger partial charge in [0.2, 0.25) is 0 Å². The zero-order valence-corrected chi connectivity index (χ0v) is 14.2. The zero-order chi connectivity index (χ0) is 18.7. The molecule has 2 aromatic carbocycles. The summed E-state index contributed by atoms with van der Waals surface area (Å²) in [5.41, 5.74) is 6.33. The second kappa shape index (κ2) is 7.43. The molecule has 1 fully saturated rings. The highest BCUT2D eigenvalue weighted by atomic mass is 19.1. The van der Waals surface area contributed by atoms with Crippen molar-refractivity contribution in [3.8, 4) is 11.5 Å². The van der Waals surface area contributed by atoms with Crippen LogP contribution in [-0.4, -0.2) is 31.6 Å². The van der Waals surface area contributed by atoms with Gasteiger partial charge in [0.1, 0.15) is 5.82 Å². The van der Waals surface area contributed by atoms with Crippen molar-refractivity contribution < 1.29 is 23.5 Å². The van der Waals surface area contributed by atoms with Crippen LogP contribution in [0.15, 0.2) is 42.5 Å². The highest BCUT2D eigenvalue weighted by molar-refractivity contribution is 5.95. The molecular weight excluding hydrogens is 339 g/mol. The minimum absolute atomic E-state index is 0.0268. The predicted octanol–water partition coefficient (Wildman–Crippen LogP) is 1.98. The van der Waals surface area contributed by atoms with Crippen LogP contribution < -0.4 is 20.5 Å². The molecule has 0 aromatic heterocycles. The third-order valence-electron chi connectivity index (χ3n) is 4.18. The lowest BCUT2D eigenvalue weighted by atomic mass is 10.1. The lowest BCUT2D eigenvalue weighted by molar-refractivity contribution is -0.119. The van der Waals surface area contributed by atoms with E-state index in [9.17, 15) is 14.0 Å². The lowest BCUT2D eigenvalue weighted by Gasteiger charge is -2.11. The van der Waals surface area contributed by atoms with Crippen LogP contribution in [0, 0.1) is 5.82 Å². The zero-order valence-electron chi connectivity index (χ0n) is 14.2. The van der Waals surface area contributed by atoms with Gasteiger partial charge in [-0.2, -0.15) is 0 Å². The lowest BCUT2D eigenvalue weighted by Crippen LogP contribution is -2.26. The van der Waals surface area contributed by atoms with E-state index >= 15 is 0 Å². The summed E-state index contributed by atoms with van der Waals surface area (Å²) in [4.78, 5) is 23.2. The van der Waals surface area contributed by atoms with Gasteiger partial charge in [-0.25, -0.2) is 4.39 Å². The van der Waals surface area contributed by atoms with Gasteiger partial charge in [-0.3, -0.25) is 9.59 Å². The Kier molecular flexibility index (Phi) is 5.06. The number of amides is 2. The Morgan fingerprint density at radius 1 is 1.23 bits per heavy atom. The number of carbonyl (C=O) groups is 2. The van der Waals surface area contributed by atoms with Crippen LogP contribution >= 0.6 is 0 Å². The molecule has 26 heavy (non-hydrogen) atoms. The largest absolute Gasteiger partial charge is 0.493 e. The number of nitrogens with one attached hydrogen (secondary N) is 1. The maximum Gasteiger partial charge on any atom is 0.255 e. The second-order valence-corrected chi connectivity index (χ2v) is 6.10. The number of carbonyl (C=O) groups excluding carboxylic acids is 2. The number of hydrogen-bond acceptors (Lipinski definition) is 4. The molecule has 0 saturated heterocycles. The summed E-state index contributed by atoms with van der Waals surface area (Å²) < 4.78 is 23.7. The molecule has 6 nitrogen and oxygen atoms in total. The Balaban J connectivity index is 1.64. The van der Waals surface area contributed by atoms with Crippen molar-refractivity contribution in [3.05, 3.63) is 59.4 Å². The minimum Gasteiger partial charge on any atom is -0.493 e. The van der Waals surface area contributed by atoms with Crippen molar-refractivity contribution in [1.82, 2.24) is 5.32 Å². The monoisotopic (exact) mass is 358 g/mol. The van der Waals surface area contributed by atoms with Gasteiger partial charge in [0.25, 0.3) is 11.8 Å². The first-order valence-corrected chi connectivity index (χ1v) is 8.13. The topological polar surface area (TPSA) is 90.7 Å². The molecular formula is C19H19FN2O4. The van der Waals surface area contributed by atoms with Gasteiger partial charge in [-0.05, 0) is 42.3 Å². The number of hydrogen-bond donors (Lipinski definition) is 2. The first kappa shape index (κ1) is 17.7. The van der Waals surface area contributed by atoms with E-state index in [1.54, 1.807) is 18.2 Å². The quantitative estimate of drug-likeness (QED) is 0.792. The first-order chi connectivity index (χ1) is 12.5. The third kappa shape index (κ3) is 4.11. The minimum atomic E-state index is -0.606. The normalized spacial score (nSPS) is 18.1. The first-order valence-electron chi connectivity index (χ1n) is 8.13. The molecule has 7 heteroatoms. The number of nitrogens with two attached hydrogens (primary N) is 1. The number of halogens is 1. The molecule has 1 aliphatic carbocycles. The number of primary amides is 1. The summed E-state index contributed by atoms with van der Waals surface area (Å²) in [7, 11) is 1.44. The van der Waals surface area contributed by atoms with Gasteiger partial charge in [0.15, 0.2) is 18.1 Å². The van der Waals surface area contributed by atoms with Crippen molar-refractivity contribution >= 4 is 11.8 Å². The molecule has 2 unspecified atom stereocenters. The molecule has 2 aromatic rings. The van der Waals surface area contributed by atoms with Gasteiger partial charge < -0.3 is 20.5 Å². The molecule has 1 saturated carbocycles. The fraction of sp³-hybridized carbons (Fsp3) is 0.263. The van der Waals surface area contributed by atoms with E-state index < -0.39 is 5.91 Å². The van der Waals surface area contributed by atoms with Gasteiger partial charge in [0, 0.05) is 17.5 Å². The van der Waals surface area contributed by atoms with Crippen molar-refractivity contribution in [2.75, 3.05) is 13.7 Å². The van der Waals surface area contributed by atoms with Crippen LogP contribution in [0.2, 0.25) is 0 Å². The van der Waals surface area contributed by atoms with Crippen molar-refractivity contribution in [2.24, 2.45) is 5.73 Å². The van der Waals surface area contributed by atoms with Crippen LogP contribution in [-0.2, 0) is 4.79 Å². The van der Waals surface area contributed by atoms with Crippen LogP contribution in [0.1, 0.15) is 28.3 Å². The summed E-state index contributed by atoms with van der Waals surface area (Å²) in [6, 6.07) is 11.0. The van der Waals surface area contributed by atoms with E-state index in [4.69, 9.17) is 15.2 Å². The third-order valence-corrected chi connectivity index (χ3v) is 4.18. The average molecular weight is 358 g/mol. The molecule has 2 atom stereocenters. The molecule has 0 spiro atoms. The Hall–Kier alpha value is -3.09. The fourth-order valence-corrected chi connectivity index (χ4v) is 2.79. The molecule has 3 rings (SSSR count). The standard InChI is InChI=1S/C19H19FN2O4/c1-25-17-8-12(5-6-16(17)26-10-18(21)23)19(24)22-15-9-14(15)11-3-2-4-13(20)7-11/h2-8,14-15H,9-10H2,1H3,(H2,21,23)(H,22,24). The molecule has 136 valence electrons. The maximum absolute atomic E-state index is 13.3. The van der Waals surface area contributed by atoms with Gasteiger partial charge in [0.05, 0.1) is 7.11 Å². The molecule has 1 aliphatic rings. The molecule has 3 N–H and O–H groups in total. The summed E-state index contributed by atoms with van der Waals surface area (Å²) in [6.07, 6.45) is 0.770. The Bertz CT molecular complexity index is 840. The smallest absolute Gasteiger partial charge is 0.255 e. The highest BCUT2D eigenvalue weighted by Gasteiger charge is 2.39. The van der Waals surface area contributed by atoms with Crippen LogP contribution in [0.5, 0.6) is 11.5 Å². The molecule has 0 bridgehead atoms. The van der Waals surface area contributed by atoms with E-state index in [1.165, 1.54) is 25.3 Å². The van der Waals surface area contributed by atoms with E-state index in [2.05, 4.69) is 5.32 Å². The molecule has 0 radical (unpaired) electrons. The Morgan fingerprint density at radius 2 is 2.04 bits per heavy atom. The summed E-state index contributed by atoms with van der Waals surface area (Å²) in [6.45, 7) is -0.278. The van der Waals surface area contributed by atoms with Gasteiger partial charge in [-0.1, -0.05) is 12.1 Å². The van der Waals surface area contributed by atoms with Crippen molar-refractivity contribution in [2.45, 2.75) is 18.4 Å². The summed E-state index contributed by atoms with van der Waals surface area (Å²) >= 11 is 0. The van der Waals surface area contributed by atoms with Crippen LogP contribution in [0.3, 0.4) is 0 Å².